The lowest BCUT2D eigenvalue weighted by Crippen LogP contribution is -2.29. The van der Waals surface area contributed by atoms with Gasteiger partial charge in [0, 0.05) is 6.54 Å². The van der Waals surface area contributed by atoms with Crippen molar-refractivity contribution in [2.24, 2.45) is 11.8 Å². The number of rotatable bonds is 13. The van der Waals surface area contributed by atoms with E-state index in [0.717, 1.165) is 30.7 Å². The zero-order valence-electron chi connectivity index (χ0n) is 26.6. The lowest BCUT2D eigenvalue weighted by molar-refractivity contribution is -0.118. The van der Waals surface area contributed by atoms with Gasteiger partial charge in [-0.25, -0.2) is 9.18 Å². The summed E-state index contributed by atoms with van der Waals surface area (Å²) in [6.07, 6.45) is 12.7. The smallest absolute Gasteiger partial charge is 0.324 e. The van der Waals surface area contributed by atoms with E-state index in [1.807, 2.05) is 12.1 Å². The molecule has 7 heteroatoms. The van der Waals surface area contributed by atoms with E-state index in [0.29, 0.717) is 30.7 Å². The third-order valence-electron chi connectivity index (χ3n) is 6.69. The number of benzene rings is 1. The zero-order chi connectivity index (χ0) is 30.5. The van der Waals surface area contributed by atoms with Gasteiger partial charge in [0.2, 0.25) is 5.91 Å². The Balaban J connectivity index is 0.000000550. The van der Waals surface area contributed by atoms with Crippen LogP contribution in [0.3, 0.4) is 0 Å². The summed E-state index contributed by atoms with van der Waals surface area (Å²) in [5.74, 6) is 2.17. The van der Waals surface area contributed by atoms with Gasteiger partial charge in [0.25, 0.3) is 0 Å². The van der Waals surface area contributed by atoms with Crippen LogP contribution in [0, 0.1) is 17.7 Å². The molecular formula is C33H57FN2O4. The van der Waals surface area contributed by atoms with E-state index in [1.54, 1.807) is 4.90 Å². The number of halogens is 1. The van der Waals surface area contributed by atoms with E-state index in [-0.39, 0.29) is 30.1 Å². The summed E-state index contributed by atoms with van der Waals surface area (Å²) >= 11 is 0. The van der Waals surface area contributed by atoms with Crippen LogP contribution in [0.15, 0.2) is 18.2 Å². The number of amides is 3. The molecule has 230 valence electrons. The number of imide groups is 1. The van der Waals surface area contributed by atoms with Gasteiger partial charge in [0.05, 0.1) is 6.61 Å². The Labute approximate surface area is 243 Å². The minimum atomic E-state index is -0.250. The molecule has 3 rings (SSSR count). The Morgan fingerprint density at radius 2 is 1.62 bits per heavy atom. The first kappa shape index (κ1) is 37.6. The van der Waals surface area contributed by atoms with Crippen molar-refractivity contribution in [2.45, 2.75) is 126 Å². The number of nitrogens with zero attached hydrogens (tertiary/aromatic N) is 1. The molecule has 1 saturated carbocycles. The minimum Gasteiger partial charge on any atom is -0.490 e. The third kappa shape index (κ3) is 19.6. The lowest BCUT2D eigenvalue weighted by atomic mass is 10.0. The molecular weight excluding hydrogens is 507 g/mol. The number of urea groups is 1. The zero-order valence-corrected chi connectivity index (χ0v) is 26.6. The van der Waals surface area contributed by atoms with Gasteiger partial charge in [-0.05, 0) is 68.6 Å². The largest absolute Gasteiger partial charge is 0.490 e. The summed E-state index contributed by atoms with van der Waals surface area (Å²) in [7, 11) is 0. The highest BCUT2D eigenvalue weighted by Gasteiger charge is 2.25. The SMILES string of the molecule is CC(C)=O.CC(C)c1ccc(F)c(OCC2CC2)c1.CCCCCC(C)CC.CCCCCN1CC(=O)NC1=O. The van der Waals surface area contributed by atoms with Crippen LogP contribution in [0.2, 0.25) is 0 Å². The number of ether oxygens (including phenoxy) is 1. The number of nitrogens with one attached hydrogen (secondary N) is 1. The second-order valence-corrected chi connectivity index (χ2v) is 11.5. The quantitative estimate of drug-likeness (QED) is 0.192. The summed E-state index contributed by atoms with van der Waals surface area (Å²) in [6, 6.07) is 4.90. The molecule has 2 aliphatic rings. The van der Waals surface area contributed by atoms with E-state index in [9.17, 15) is 18.8 Å². The monoisotopic (exact) mass is 564 g/mol. The van der Waals surface area contributed by atoms with Crippen LogP contribution in [0.25, 0.3) is 0 Å². The van der Waals surface area contributed by atoms with Crippen molar-refractivity contribution < 1.29 is 23.5 Å². The average molecular weight is 565 g/mol. The molecule has 3 amide bonds. The molecule has 6 nitrogen and oxygen atoms in total. The molecule has 1 unspecified atom stereocenters. The number of carbonyl (C=O) groups is 3. The maximum Gasteiger partial charge on any atom is 0.324 e. The maximum atomic E-state index is 13.4. The van der Waals surface area contributed by atoms with Crippen molar-refractivity contribution in [3.05, 3.63) is 29.6 Å². The van der Waals surface area contributed by atoms with Crippen molar-refractivity contribution in [1.29, 1.82) is 0 Å². The maximum absolute atomic E-state index is 13.4. The van der Waals surface area contributed by atoms with E-state index in [2.05, 4.69) is 46.9 Å². The molecule has 1 aliphatic carbocycles. The fourth-order valence-electron chi connectivity index (χ4n) is 3.65. The molecule has 2 fully saturated rings. The van der Waals surface area contributed by atoms with Crippen LogP contribution in [0.1, 0.15) is 131 Å². The number of hydrogen-bond donors (Lipinski definition) is 1. The van der Waals surface area contributed by atoms with E-state index < -0.39 is 0 Å². The molecule has 1 N–H and O–H groups in total. The Hall–Kier alpha value is -2.44. The first-order valence-electron chi connectivity index (χ1n) is 15.4. The van der Waals surface area contributed by atoms with Gasteiger partial charge in [-0.15, -0.1) is 0 Å². The second kappa shape index (κ2) is 22.3. The van der Waals surface area contributed by atoms with Gasteiger partial charge in [0.1, 0.15) is 12.3 Å². The standard InChI is InChI=1S/C13H17FO.C9H20.C8H14N2O2.C3H6O/c1-9(2)11-5-6-12(14)13(7-11)15-8-10-3-4-10;1-4-6-7-8-9(3)5-2;1-2-3-4-5-10-6-7(11)9-8(10)12;1-3(2)4/h5-7,9-10H,3-4,8H2,1-2H3;9H,4-8H2,1-3H3;2-6H2,1H3,(H,9,11,12);1-2H3. The topological polar surface area (TPSA) is 75.7 Å². The predicted octanol–water partition coefficient (Wildman–Crippen LogP) is 8.67. The molecule has 1 atom stereocenters. The minimum absolute atomic E-state index is 0.167. The fraction of sp³-hybridized carbons (Fsp3) is 0.727. The van der Waals surface area contributed by atoms with Crippen molar-refractivity contribution in [3.8, 4) is 5.75 Å². The lowest BCUT2D eigenvalue weighted by Gasteiger charge is -2.11. The molecule has 1 aliphatic heterocycles. The second-order valence-electron chi connectivity index (χ2n) is 11.5. The first-order chi connectivity index (χ1) is 18.9. The van der Waals surface area contributed by atoms with Gasteiger partial charge in [-0.2, -0.15) is 0 Å². The molecule has 40 heavy (non-hydrogen) atoms. The molecule has 0 aromatic heterocycles. The highest BCUT2D eigenvalue weighted by Crippen LogP contribution is 2.31. The number of unbranched alkanes of at least 4 members (excludes halogenated alkanes) is 4. The molecule has 0 spiro atoms. The molecule has 1 heterocycles. The summed E-state index contributed by atoms with van der Waals surface area (Å²) in [4.78, 5) is 32.7. The molecule has 0 radical (unpaired) electrons. The first-order valence-corrected chi connectivity index (χ1v) is 15.4. The number of hydrogen-bond acceptors (Lipinski definition) is 4. The van der Waals surface area contributed by atoms with Gasteiger partial charge >= 0.3 is 6.03 Å². The molecule has 0 bridgehead atoms. The van der Waals surface area contributed by atoms with Crippen molar-refractivity contribution >= 4 is 17.7 Å². The van der Waals surface area contributed by atoms with Crippen LogP contribution >= 0.6 is 0 Å². The molecule has 1 saturated heterocycles. The van der Waals surface area contributed by atoms with E-state index in [1.165, 1.54) is 64.9 Å². The van der Waals surface area contributed by atoms with Crippen molar-refractivity contribution in [1.82, 2.24) is 10.2 Å². The van der Waals surface area contributed by atoms with Crippen LogP contribution in [-0.4, -0.2) is 42.3 Å². The Kier molecular flexibility index (Phi) is 20.9. The van der Waals surface area contributed by atoms with E-state index in [4.69, 9.17) is 4.74 Å². The summed E-state index contributed by atoms with van der Waals surface area (Å²) in [5.41, 5.74) is 1.13. The highest BCUT2D eigenvalue weighted by molar-refractivity contribution is 6.01. The predicted molar refractivity (Wildman–Crippen MR) is 163 cm³/mol. The molecule has 1 aromatic carbocycles. The van der Waals surface area contributed by atoms with E-state index >= 15 is 0 Å². The van der Waals surface area contributed by atoms with Crippen LogP contribution in [-0.2, 0) is 9.59 Å². The number of ketones is 1. The summed E-state index contributed by atoms with van der Waals surface area (Å²) in [5, 5.41) is 2.24. The third-order valence-corrected chi connectivity index (χ3v) is 6.69. The van der Waals surface area contributed by atoms with Crippen molar-refractivity contribution in [2.75, 3.05) is 19.7 Å². The Morgan fingerprint density at radius 3 is 2.10 bits per heavy atom. The summed E-state index contributed by atoms with van der Waals surface area (Å²) < 4.78 is 18.9. The summed E-state index contributed by atoms with van der Waals surface area (Å²) in [6.45, 7) is 17.8. The van der Waals surface area contributed by atoms with Crippen LogP contribution < -0.4 is 10.1 Å². The van der Waals surface area contributed by atoms with Crippen LogP contribution in [0.5, 0.6) is 5.75 Å². The average Bonchev–Trinajstić information content (AvgIpc) is 3.67. The van der Waals surface area contributed by atoms with Gasteiger partial charge < -0.3 is 14.4 Å². The van der Waals surface area contributed by atoms with Crippen LogP contribution in [0.4, 0.5) is 9.18 Å². The van der Waals surface area contributed by atoms with Gasteiger partial charge in [-0.3, -0.25) is 10.1 Å². The van der Waals surface area contributed by atoms with Crippen molar-refractivity contribution in [3.63, 3.8) is 0 Å². The normalized spacial score (nSPS) is 14.7. The highest BCUT2D eigenvalue weighted by atomic mass is 19.1. The Bertz CT molecular complexity index is 851. The van der Waals surface area contributed by atoms with Gasteiger partial charge in [0.15, 0.2) is 11.6 Å². The number of carbonyl (C=O) groups excluding carboxylic acids is 3. The van der Waals surface area contributed by atoms with Gasteiger partial charge in [-0.1, -0.05) is 92.6 Å². The Morgan fingerprint density at radius 1 is 1.02 bits per heavy atom. The molecule has 1 aromatic rings. The fourth-order valence-corrected chi connectivity index (χ4v) is 3.65. The number of Topliss-reactive ketones (excluding diaryl/α,β-unsaturated/α-hetero) is 1.